The van der Waals surface area contributed by atoms with Gasteiger partial charge < -0.3 is 28.8 Å². The normalized spacial score (nSPS) is 14.2. The molecule has 0 aromatic rings. The molecule has 0 heterocycles. The van der Waals surface area contributed by atoms with Crippen LogP contribution in [0.5, 0.6) is 0 Å². The number of carbonyl (C=O) groups excluding carboxylic acids is 1. The van der Waals surface area contributed by atoms with Gasteiger partial charge in [0, 0.05) is 6.42 Å². The molecule has 9 heteroatoms. The fraction of sp³-hybridized carbons (Fsp3) is 0.879. The van der Waals surface area contributed by atoms with Crippen LogP contribution in [0.3, 0.4) is 0 Å². The van der Waals surface area contributed by atoms with Crippen molar-refractivity contribution in [3.63, 3.8) is 0 Å². The van der Waals surface area contributed by atoms with E-state index >= 15 is 0 Å². The van der Waals surface area contributed by atoms with Gasteiger partial charge in [-0.15, -0.1) is 0 Å². The Kier molecular flexibility index (Phi) is 48.7. The van der Waals surface area contributed by atoms with Gasteiger partial charge in [0.25, 0.3) is 7.82 Å². The summed E-state index contributed by atoms with van der Waals surface area (Å²) in [4.78, 5) is 25.5. The summed E-state index contributed by atoms with van der Waals surface area (Å²) in [6.07, 6.45) is 63.6. The summed E-state index contributed by atoms with van der Waals surface area (Å²) in [7, 11) is 1.27. The van der Waals surface area contributed by atoms with Crippen LogP contribution in [0.1, 0.15) is 277 Å². The lowest BCUT2D eigenvalue weighted by molar-refractivity contribution is -0.870. The first kappa shape index (κ1) is 65.7. The summed E-state index contributed by atoms with van der Waals surface area (Å²) in [6.45, 7) is 4.67. The van der Waals surface area contributed by atoms with Gasteiger partial charge in [-0.3, -0.25) is 9.36 Å². The molecule has 1 amide bonds. The number of aliphatic hydroxyl groups is 1. The SMILES string of the molecule is CCCCCCCCCCC/C=C\C/C=C\CCCCCCCCCCCCCCCC(=O)NC(COP(=O)([O-])OCC[N+](C)(C)C)C(O)/C=C/CCCCCCCCCCCCCCCC. The number of amides is 1. The zero-order valence-electron chi connectivity index (χ0n) is 45.1. The molecule has 67 heavy (non-hydrogen) atoms. The van der Waals surface area contributed by atoms with Crippen LogP contribution in [0.2, 0.25) is 0 Å². The number of unbranched alkanes of at least 4 members (excludes halogenated alkanes) is 36. The first-order chi connectivity index (χ1) is 32.5. The van der Waals surface area contributed by atoms with Gasteiger partial charge in [0.05, 0.1) is 39.9 Å². The molecule has 8 nitrogen and oxygen atoms in total. The molecule has 0 saturated heterocycles. The highest BCUT2D eigenvalue weighted by molar-refractivity contribution is 7.45. The summed E-state index contributed by atoms with van der Waals surface area (Å²) in [5.41, 5.74) is 0. The molecule has 2 N–H and O–H groups in total. The Balaban J connectivity index is 4.13. The highest BCUT2D eigenvalue weighted by atomic mass is 31.2. The van der Waals surface area contributed by atoms with Crippen LogP contribution >= 0.6 is 7.82 Å². The molecule has 0 fully saturated rings. The van der Waals surface area contributed by atoms with Crippen molar-refractivity contribution in [3.8, 4) is 0 Å². The van der Waals surface area contributed by atoms with Crippen molar-refractivity contribution < 1.29 is 32.9 Å². The summed E-state index contributed by atoms with van der Waals surface area (Å²) >= 11 is 0. The first-order valence-corrected chi connectivity index (χ1v) is 30.3. The molecule has 0 bridgehead atoms. The number of phosphoric ester groups is 1. The predicted octanol–water partition coefficient (Wildman–Crippen LogP) is 16.7. The van der Waals surface area contributed by atoms with E-state index in [9.17, 15) is 19.4 Å². The molecule has 0 saturated carbocycles. The minimum absolute atomic E-state index is 0.000390. The van der Waals surface area contributed by atoms with Crippen LogP contribution in [0, 0.1) is 0 Å². The van der Waals surface area contributed by atoms with Gasteiger partial charge in [0.2, 0.25) is 5.91 Å². The quantitative estimate of drug-likeness (QED) is 0.0272. The Morgan fingerprint density at radius 2 is 0.866 bits per heavy atom. The van der Waals surface area contributed by atoms with Gasteiger partial charge in [-0.25, -0.2) is 0 Å². The monoisotopic (exact) mass is 965 g/mol. The largest absolute Gasteiger partial charge is 0.756 e. The molecule has 0 aromatic carbocycles. The number of hydrogen-bond donors (Lipinski definition) is 2. The number of allylic oxidation sites excluding steroid dienone is 5. The summed E-state index contributed by atoms with van der Waals surface area (Å²) < 4.78 is 23.3. The maximum absolute atomic E-state index is 13.0. The summed E-state index contributed by atoms with van der Waals surface area (Å²) in [5, 5.41) is 13.9. The molecule has 0 aliphatic heterocycles. The van der Waals surface area contributed by atoms with Gasteiger partial charge in [0.1, 0.15) is 13.2 Å². The lowest BCUT2D eigenvalue weighted by Gasteiger charge is -2.29. The number of nitrogens with zero attached hydrogens (tertiary/aromatic N) is 1. The van der Waals surface area contributed by atoms with Gasteiger partial charge in [-0.2, -0.15) is 0 Å². The minimum Gasteiger partial charge on any atom is -0.756 e. The maximum atomic E-state index is 13.0. The number of quaternary nitrogens is 1. The van der Waals surface area contributed by atoms with E-state index in [-0.39, 0.29) is 19.1 Å². The van der Waals surface area contributed by atoms with E-state index in [0.29, 0.717) is 17.4 Å². The summed E-state index contributed by atoms with van der Waals surface area (Å²) in [5.74, 6) is -0.196. The van der Waals surface area contributed by atoms with Crippen molar-refractivity contribution in [1.82, 2.24) is 5.32 Å². The molecule has 0 aliphatic carbocycles. The van der Waals surface area contributed by atoms with E-state index in [1.165, 1.54) is 212 Å². The average molecular weight is 966 g/mol. The van der Waals surface area contributed by atoms with E-state index in [4.69, 9.17) is 9.05 Å². The van der Waals surface area contributed by atoms with E-state index in [1.807, 2.05) is 27.2 Å². The highest BCUT2D eigenvalue weighted by Gasteiger charge is 2.23. The molecule has 0 spiro atoms. The molecular weight excluding hydrogens is 852 g/mol. The van der Waals surface area contributed by atoms with E-state index in [1.54, 1.807) is 6.08 Å². The number of rotatable bonds is 53. The smallest absolute Gasteiger partial charge is 0.268 e. The number of likely N-dealkylation sites (N-methyl/N-ethyl adjacent to an activating group) is 1. The third-order valence-electron chi connectivity index (χ3n) is 13.1. The minimum atomic E-state index is -4.59. The van der Waals surface area contributed by atoms with Crippen LogP contribution in [0.4, 0.5) is 0 Å². The van der Waals surface area contributed by atoms with Crippen molar-refractivity contribution in [1.29, 1.82) is 0 Å². The number of carbonyl (C=O) groups is 1. The Labute approximate surface area is 417 Å². The lowest BCUT2D eigenvalue weighted by atomic mass is 10.0. The molecular formula is C58H113N2O6P. The molecule has 396 valence electrons. The zero-order chi connectivity index (χ0) is 49.2. The van der Waals surface area contributed by atoms with Crippen molar-refractivity contribution in [2.75, 3.05) is 40.9 Å². The fourth-order valence-electron chi connectivity index (χ4n) is 8.54. The maximum Gasteiger partial charge on any atom is 0.268 e. The number of aliphatic hydroxyl groups excluding tert-OH is 1. The third kappa shape index (κ3) is 52.4. The standard InChI is InChI=1S/C58H113N2O6P/c1-6-8-10-12-14-16-18-20-22-24-25-26-27-28-29-30-31-32-33-34-35-36-38-40-42-44-46-48-50-52-58(62)59-56(55-66-67(63,64)65-54-53-60(3,4)5)57(61)51-49-47-45-43-41-39-37-23-21-19-17-15-13-11-9-7-2/h25-26,28-29,49,51,56-57,61H,6-24,27,30-48,50,52-55H2,1-5H3,(H-,59,62,63,64)/b26-25-,29-28-,51-49+. The van der Waals surface area contributed by atoms with Crippen molar-refractivity contribution in [2.45, 2.75) is 289 Å². The van der Waals surface area contributed by atoms with Gasteiger partial charge in [-0.05, 0) is 51.4 Å². The second-order valence-electron chi connectivity index (χ2n) is 21.0. The zero-order valence-corrected chi connectivity index (χ0v) is 46.0. The highest BCUT2D eigenvalue weighted by Crippen LogP contribution is 2.38. The number of nitrogens with one attached hydrogen (secondary N) is 1. The molecule has 3 atom stereocenters. The van der Waals surface area contributed by atoms with E-state index in [0.717, 1.165) is 44.9 Å². The molecule has 0 aliphatic rings. The van der Waals surface area contributed by atoms with Gasteiger partial charge in [-0.1, -0.05) is 256 Å². The molecule has 0 rings (SSSR count). The second kappa shape index (κ2) is 49.7. The topological polar surface area (TPSA) is 108 Å². The van der Waals surface area contributed by atoms with Crippen LogP contribution in [-0.2, 0) is 18.4 Å². The second-order valence-corrected chi connectivity index (χ2v) is 22.4. The predicted molar refractivity (Wildman–Crippen MR) is 288 cm³/mol. The number of hydrogen-bond acceptors (Lipinski definition) is 6. The van der Waals surface area contributed by atoms with Crippen molar-refractivity contribution in [3.05, 3.63) is 36.5 Å². The van der Waals surface area contributed by atoms with Crippen molar-refractivity contribution >= 4 is 13.7 Å². The summed E-state index contributed by atoms with van der Waals surface area (Å²) in [6, 6.07) is -0.886. The van der Waals surface area contributed by atoms with Crippen LogP contribution in [0.15, 0.2) is 36.5 Å². The lowest BCUT2D eigenvalue weighted by Crippen LogP contribution is -2.45. The molecule has 3 unspecified atom stereocenters. The number of phosphoric acid groups is 1. The Morgan fingerprint density at radius 1 is 0.522 bits per heavy atom. The van der Waals surface area contributed by atoms with E-state index in [2.05, 4.69) is 43.5 Å². The Morgan fingerprint density at radius 3 is 1.24 bits per heavy atom. The van der Waals surface area contributed by atoms with Crippen LogP contribution in [0.25, 0.3) is 0 Å². The van der Waals surface area contributed by atoms with Crippen molar-refractivity contribution in [2.24, 2.45) is 0 Å². The Hall–Kier alpha value is -1.28. The van der Waals surface area contributed by atoms with Crippen LogP contribution in [-0.4, -0.2) is 68.5 Å². The Bertz CT molecular complexity index is 1190. The average Bonchev–Trinajstić information content (AvgIpc) is 3.29. The molecule has 0 aromatic heterocycles. The van der Waals surface area contributed by atoms with Gasteiger partial charge >= 0.3 is 0 Å². The van der Waals surface area contributed by atoms with Crippen LogP contribution < -0.4 is 10.2 Å². The fourth-order valence-corrected chi connectivity index (χ4v) is 9.26. The first-order valence-electron chi connectivity index (χ1n) is 28.9. The van der Waals surface area contributed by atoms with Gasteiger partial charge in [0.15, 0.2) is 0 Å². The van der Waals surface area contributed by atoms with E-state index < -0.39 is 20.0 Å². The molecule has 0 radical (unpaired) electrons. The third-order valence-corrected chi connectivity index (χ3v) is 14.1.